The van der Waals surface area contributed by atoms with Gasteiger partial charge in [0, 0.05) is 16.4 Å². The topological polar surface area (TPSA) is 70.5 Å². The Hall–Kier alpha value is -1.08. The smallest absolute Gasteiger partial charge is 0.327 e. The van der Waals surface area contributed by atoms with E-state index in [4.69, 9.17) is 0 Å². The number of carbonyl (C=O) groups excluding carboxylic acids is 1. The Morgan fingerprint density at radius 3 is 2.70 bits per heavy atom. The highest BCUT2D eigenvalue weighted by molar-refractivity contribution is 9.10. The van der Waals surface area contributed by atoms with E-state index in [0.717, 1.165) is 17.3 Å². The number of rotatable bonds is 3. The van der Waals surface area contributed by atoms with Crippen molar-refractivity contribution in [3.8, 4) is 0 Å². The molecule has 2 unspecified atom stereocenters. The maximum atomic E-state index is 12.6. The summed E-state index contributed by atoms with van der Waals surface area (Å²) in [6, 6.07) is 2.62. The molecule has 1 aromatic rings. The molecular weight excluding hydrogens is 344 g/mol. The Balaban J connectivity index is 1.88. The fourth-order valence-corrected chi connectivity index (χ4v) is 4.22. The number of hydrogen-bond donors (Lipinski definition) is 1. The van der Waals surface area contributed by atoms with Gasteiger partial charge in [-0.05, 0) is 46.8 Å². The van der Waals surface area contributed by atoms with E-state index < -0.39 is 12.0 Å². The summed E-state index contributed by atoms with van der Waals surface area (Å²) in [5, 5.41) is 9.29. The van der Waals surface area contributed by atoms with Crippen LogP contribution >= 0.6 is 27.7 Å². The molecule has 1 N–H and O–H groups in total. The second-order valence-corrected chi connectivity index (χ2v) is 7.05. The van der Waals surface area contributed by atoms with Crippen molar-refractivity contribution >= 4 is 39.6 Å². The van der Waals surface area contributed by atoms with Gasteiger partial charge in [-0.1, -0.05) is 0 Å². The standard InChI is InChI=1S/C13H13BrN2O3S/c14-8-3-4-9(15-5-8)11(17)16-10(13(18)19)6-20-12(16)7-1-2-7/h3-5,7,10,12H,1-2,6H2,(H,18,19). The third kappa shape index (κ3) is 2.56. The fraction of sp³-hybridized carbons (Fsp3) is 0.462. The lowest BCUT2D eigenvalue weighted by Gasteiger charge is -2.27. The molecule has 1 saturated carbocycles. The van der Waals surface area contributed by atoms with Crippen LogP contribution in [-0.4, -0.2) is 44.0 Å². The SMILES string of the molecule is O=C(O)C1CSC(C2CC2)N1C(=O)c1ccc(Br)cn1. The van der Waals surface area contributed by atoms with Crippen molar-refractivity contribution in [2.24, 2.45) is 5.92 Å². The van der Waals surface area contributed by atoms with Gasteiger partial charge in [-0.15, -0.1) is 11.8 Å². The van der Waals surface area contributed by atoms with Crippen molar-refractivity contribution in [3.05, 3.63) is 28.5 Å². The lowest BCUT2D eigenvalue weighted by molar-refractivity contribution is -0.141. The van der Waals surface area contributed by atoms with Gasteiger partial charge in [0.2, 0.25) is 0 Å². The molecule has 2 heterocycles. The zero-order valence-corrected chi connectivity index (χ0v) is 12.9. The zero-order valence-electron chi connectivity index (χ0n) is 10.5. The van der Waals surface area contributed by atoms with E-state index >= 15 is 0 Å². The molecular formula is C13H13BrN2O3S. The number of amides is 1. The first-order chi connectivity index (χ1) is 9.58. The Bertz CT molecular complexity index is 547. The van der Waals surface area contributed by atoms with E-state index in [9.17, 15) is 14.7 Å². The summed E-state index contributed by atoms with van der Waals surface area (Å²) in [6.45, 7) is 0. The molecule has 20 heavy (non-hydrogen) atoms. The Morgan fingerprint density at radius 1 is 1.40 bits per heavy atom. The molecule has 0 spiro atoms. The average Bonchev–Trinajstić information content (AvgIpc) is 3.17. The third-order valence-electron chi connectivity index (χ3n) is 3.53. The van der Waals surface area contributed by atoms with Gasteiger partial charge in [0.05, 0.1) is 5.37 Å². The minimum atomic E-state index is -0.939. The molecule has 0 aromatic carbocycles. The second kappa shape index (κ2) is 5.37. The summed E-state index contributed by atoms with van der Waals surface area (Å²) in [5.41, 5.74) is 0.299. The summed E-state index contributed by atoms with van der Waals surface area (Å²) < 4.78 is 0.790. The van der Waals surface area contributed by atoms with Crippen LogP contribution in [0.2, 0.25) is 0 Å². The van der Waals surface area contributed by atoms with Crippen LogP contribution in [-0.2, 0) is 4.79 Å². The molecule has 0 radical (unpaired) electrons. The minimum absolute atomic E-state index is 0.0194. The van der Waals surface area contributed by atoms with Gasteiger partial charge in [-0.3, -0.25) is 4.79 Å². The fourth-order valence-electron chi connectivity index (χ4n) is 2.35. The number of carbonyl (C=O) groups is 2. The van der Waals surface area contributed by atoms with Crippen LogP contribution in [0.4, 0.5) is 0 Å². The van der Waals surface area contributed by atoms with Gasteiger partial charge in [0.1, 0.15) is 11.7 Å². The molecule has 7 heteroatoms. The monoisotopic (exact) mass is 356 g/mol. The van der Waals surface area contributed by atoms with Gasteiger partial charge in [0.25, 0.3) is 5.91 Å². The molecule has 1 aliphatic carbocycles. The molecule has 1 saturated heterocycles. The van der Waals surface area contributed by atoms with Crippen molar-refractivity contribution < 1.29 is 14.7 Å². The van der Waals surface area contributed by atoms with Gasteiger partial charge < -0.3 is 10.0 Å². The summed E-state index contributed by atoms with van der Waals surface area (Å²) in [6.07, 6.45) is 3.70. The zero-order chi connectivity index (χ0) is 14.3. The number of nitrogens with zero attached hydrogens (tertiary/aromatic N) is 2. The second-order valence-electron chi connectivity index (χ2n) is 4.99. The van der Waals surface area contributed by atoms with E-state index in [1.54, 1.807) is 30.1 Å². The van der Waals surface area contributed by atoms with Crippen LogP contribution in [0.3, 0.4) is 0 Å². The van der Waals surface area contributed by atoms with E-state index in [2.05, 4.69) is 20.9 Å². The van der Waals surface area contributed by atoms with Crippen LogP contribution in [0.5, 0.6) is 0 Å². The van der Waals surface area contributed by atoms with Gasteiger partial charge >= 0.3 is 5.97 Å². The van der Waals surface area contributed by atoms with Crippen LogP contribution in [0, 0.1) is 5.92 Å². The summed E-state index contributed by atoms with van der Waals surface area (Å²) in [7, 11) is 0. The van der Waals surface area contributed by atoms with Gasteiger partial charge in [-0.25, -0.2) is 9.78 Å². The van der Waals surface area contributed by atoms with E-state index in [0.29, 0.717) is 17.4 Å². The van der Waals surface area contributed by atoms with Crippen LogP contribution < -0.4 is 0 Å². The quantitative estimate of drug-likeness (QED) is 0.898. The highest BCUT2D eigenvalue weighted by Crippen LogP contribution is 2.45. The summed E-state index contributed by atoms with van der Waals surface area (Å²) >= 11 is 4.84. The van der Waals surface area contributed by atoms with Crippen molar-refractivity contribution in [1.82, 2.24) is 9.88 Å². The van der Waals surface area contributed by atoms with E-state index in [-0.39, 0.29) is 11.3 Å². The average molecular weight is 357 g/mol. The normalized spacial score (nSPS) is 25.8. The maximum absolute atomic E-state index is 12.6. The number of aromatic nitrogens is 1. The lowest BCUT2D eigenvalue weighted by Crippen LogP contribution is -2.46. The minimum Gasteiger partial charge on any atom is -0.480 e. The third-order valence-corrected chi connectivity index (χ3v) is 5.46. The summed E-state index contributed by atoms with van der Waals surface area (Å²) in [4.78, 5) is 29.5. The molecule has 3 rings (SSSR count). The number of carboxylic acids is 1. The maximum Gasteiger partial charge on any atom is 0.327 e. The first kappa shape index (κ1) is 13.9. The van der Waals surface area contributed by atoms with Crippen molar-refractivity contribution in [2.75, 3.05) is 5.75 Å². The molecule has 106 valence electrons. The molecule has 1 amide bonds. The Morgan fingerprint density at radius 2 is 2.15 bits per heavy atom. The van der Waals surface area contributed by atoms with E-state index in [1.807, 2.05) is 0 Å². The predicted molar refractivity (Wildman–Crippen MR) is 78.5 cm³/mol. The largest absolute Gasteiger partial charge is 0.480 e. The molecule has 2 atom stereocenters. The predicted octanol–water partition coefficient (Wildman–Crippen LogP) is 2.22. The first-order valence-electron chi connectivity index (χ1n) is 6.36. The van der Waals surface area contributed by atoms with Crippen LogP contribution in [0.1, 0.15) is 23.3 Å². The molecule has 2 aliphatic rings. The number of pyridine rings is 1. The number of thioether (sulfide) groups is 1. The number of halogens is 1. The summed E-state index contributed by atoms with van der Waals surface area (Å²) in [5.74, 6) is -0.333. The molecule has 1 aromatic heterocycles. The molecule has 5 nitrogen and oxygen atoms in total. The highest BCUT2D eigenvalue weighted by Gasteiger charge is 2.48. The van der Waals surface area contributed by atoms with Gasteiger partial charge in [0.15, 0.2) is 0 Å². The molecule has 1 aliphatic heterocycles. The van der Waals surface area contributed by atoms with Crippen molar-refractivity contribution in [1.29, 1.82) is 0 Å². The van der Waals surface area contributed by atoms with Crippen LogP contribution in [0.25, 0.3) is 0 Å². The van der Waals surface area contributed by atoms with E-state index in [1.165, 1.54) is 4.90 Å². The first-order valence-corrected chi connectivity index (χ1v) is 8.20. The van der Waals surface area contributed by atoms with Crippen molar-refractivity contribution in [2.45, 2.75) is 24.3 Å². The Labute approximate surface area is 128 Å². The van der Waals surface area contributed by atoms with Crippen LogP contribution in [0.15, 0.2) is 22.8 Å². The molecule has 0 bridgehead atoms. The van der Waals surface area contributed by atoms with Gasteiger partial charge in [-0.2, -0.15) is 0 Å². The highest BCUT2D eigenvalue weighted by atomic mass is 79.9. The number of aliphatic carboxylic acids is 1. The Kier molecular flexibility index (Phi) is 3.72. The number of carboxylic acid groups (broad SMARTS) is 1. The number of hydrogen-bond acceptors (Lipinski definition) is 4. The lowest BCUT2D eigenvalue weighted by atomic mass is 10.2. The van der Waals surface area contributed by atoms with Crippen molar-refractivity contribution in [3.63, 3.8) is 0 Å². The molecule has 2 fully saturated rings.